The standard InChI is InChI=1S/C10H11F4NO/c1-5-6(3-2-4-7(5)11)8(15)9(16)10(12,13)14/h2-4,8-9,16H,15H2,1H3/t8-,9-/m1/s1. The molecule has 3 N–H and O–H groups in total. The van der Waals surface area contributed by atoms with Crippen LogP contribution < -0.4 is 5.73 Å². The molecule has 0 aliphatic heterocycles. The van der Waals surface area contributed by atoms with Crippen molar-refractivity contribution >= 4 is 0 Å². The first-order chi connectivity index (χ1) is 7.25. The molecule has 0 aliphatic carbocycles. The van der Waals surface area contributed by atoms with E-state index in [9.17, 15) is 17.6 Å². The molecular weight excluding hydrogens is 226 g/mol. The molecule has 0 heterocycles. The number of benzene rings is 1. The fourth-order valence-corrected chi connectivity index (χ4v) is 1.36. The predicted molar refractivity (Wildman–Crippen MR) is 50.1 cm³/mol. The Hall–Kier alpha value is -1.14. The molecule has 0 aliphatic rings. The van der Waals surface area contributed by atoms with Gasteiger partial charge in [0.05, 0.1) is 6.04 Å². The summed E-state index contributed by atoms with van der Waals surface area (Å²) in [5.41, 5.74) is 5.22. The van der Waals surface area contributed by atoms with E-state index in [2.05, 4.69) is 0 Å². The number of aliphatic hydroxyl groups excluding tert-OH is 1. The SMILES string of the molecule is Cc1c(F)cccc1[C@@H](N)[C@@H](O)C(F)(F)F. The molecule has 2 atom stereocenters. The highest BCUT2D eigenvalue weighted by Gasteiger charge is 2.43. The minimum absolute atomic E-state index is 0.0123. The van der Waals surface area contributed by atoms with Crippen LogP contribution in [0, 0.1) is 12.7 Å². The van der Waals surface area contributed by atoms with Crippen LogP contribution in [0.1, 0.15) is 17.2 Å². The van der Waals surface area contributed by atoms with Crippen LogP contribution in [-0.2, 0) is 0 Å². The Morgan fingerprint density at radius 2 is 1.88 bits per heavy atom. The molecule has 0 fully saturated rings. The normalized spacial score (nSPS) is 15.9. The van der Waals surface area contributed by atoms with Crippen LogP contribution in [-0.4, -0.2) is 17.4 Å². The van der Waals surface area contributed by atoms with E-state index in [1.165, 1.54) is 19.1 Å². The molecule has 6 heteroatoms. The van der Waals surface area contributed by atoms with Gasteiger partial charge >= 0.3 is 6.18 Å². The lowest BCUT2D eigenvalue weighted by Crippen LogP contribution is -2.39. The van der Waals surface area contributed by atoms with Crippen LogP contribution in [0.2, 0.25) is 0 Å². The lowest BCUT2D eigenvalue weighted by molar-refractivity contribution is -0.210. The molecule has 1 aromatic rings. The van der Waals surface area contributed by atoms with Crippen molar-refractivity contribution in [2.45, 2.75) is 25.2 Å². The zero-order chi connectivity index (χ0) is 12.5. The molecule has 90 valence electrons. The van der Waals surface area contributed by atoms with Gasteiger partial charge in [-0.3, -0.25) is 0 Å². The first kappa shape index (κ1) is 12.9. The van der Waals surface area contributed by atoms with Gasteiger partial charge in [0.1, 0.15) is 5.82 Å². The summed E-state index contributed by atoms with van der Waals surface area (Å²) in [6.07, 6.45) is -7.52. The number of rotatable bonds is 2. The quantitative estimate of drug-likeness (QED) is 0.773. The minimum atomic E-state index is -4.82. The summed E-state index contributed by atoms with van der Waals surface area (Å²) in [5.74, 6) is -0.651. The first-order valence-corrected chi connectivity index (χ1v) is 4.50. The van der Waals surface area contributed by atoms with Crippen molar-refractivity contribution in [3.05, 3.63) is 35.1 Å². The third kappa shape index (κ3) is 2.51. The Morgan fingerprint density at radius 1 is 1.31 bits per heavy atom. The maximum Gasteiger partial charge on any atom is 0.416 e. The maximum atomic E-state index is 13.1. The molecule has 0 saturated carbocycles. The summed E-state index contributed by atoms with van der Waals surface area (Å²) in [6, 6.07) is 1.94. The van der Waals surface area contributed by atoms with Crippen molar-refractivity contribution in [1.82, 2.24) is 0 Å². The van der Waals surface area contributed by atoms with Crippen LogP contribution in [0.15, 0.2) is 18.2 Å². The summed E-state index contributed by atoms with van der Waals surface area (Å²) in [6.45, 7) is 1.31. The summed E-state index contributed by atoms with van der Waals surface area (Å²) in [4.78, 5) is 0. The number of halogens is 4. The number of nitrogens with two attached hydrogens (primary N) is 1. The van der Waals surface area contributed by atoms with Gasteiger partial charge < -0.3 is 10.8 Å². The van der Waals surface area contributed by atoms with Gasteiger partial charge in [-0.25, -0.2) is 4.39 Å². The van der Waals surface area contributed by atoms with Crippen molar-refractivity contribution < 1.29 is 22.7 Å². The largest absolute Gasteiger partial charge is 0.416 e. The van der Waals surface area contributed by atoms with Crippen LogP contribution in [0.5, 0.6) is 0 Å². The number of aliphatic hydroxyl groups is 1. The molecule has 0 unspecified atom stereocenters. The second kappa shape index (κ2) is 4.39. The highest BCUT2D eigenvalue weighted by atomic mass is 19.4. The van der Waals surface area contributed by atoms with Crippen LogP contribution in [0.4, 0.5) is 17.6 Å². The Morgan fingerprint density at radius 3 is 2.38 bits per heavy atom. The Labute approximate surface area is 89.7 Å². The monoisotopic (exact) mass is 237 g/mol. The van der Waals surface area contributed by atoms with Crippen LogP contribution in [0.3, 0.4) is 0 Å². The van der Waals surface area contributed by atoms with Gasteiger partial charge in [-0.15, -0.1) is 0 Å². The lowest BCUT2D eigenvalue weighted by atomic mass is 9.97. The van der Waals surface area contributed by atoms with E-state index >= 15 is 0 Å². The molecule has 0 spiro atoms. The van der Waals surface area contributed by atoms with Gasteiger partial charge in [0.2, 0.25) is 0 Å². The van der Waals surface area contributed by atoms with Gasteiger partial charge in [0.25, 0.3) is 0 Å². The molecule has 0 radical (unpaired) electrons. The summed E-state index contributed by atoms with van der Waals surface area (Å²) < 4.78 is 49.7. The van der Waals surface area contributed by atoms with Gasteiger partial charge in [0, 0.05) is 0 Å². The van der Waals surface area contributed by atoms with E-state index in [0.717, 1.165) is 6.07 Å². The fourth-order valence-electron chi connectivity index (χ4n) is 1.36. The predicted octanol–water partition coefficient (Wildman–Crippen LogP) is 2.06. The topological polar surface area (TPSA) is 46.2 Å². The van der Waals surface area contributed by atoms with Crippen molar-refractivity contribution in [3.63, 3.8) is 0 Å². The van der Waals surface area contributed by atoms with Crippen molar-refractivity contribution in [2.75, 3.05) is 0 Å². The van der Waals surface area contributed by atoms with Gasteiger partial charge in [-0.05, 0) is 24.1 Å². The Balaban J connectivity index is 3.06. The zero-order valence-corrected chi connectivity index (χ0v) is 8.42. The molecular formula is C10H11F4NO. The highest BCUT2D eigenvalue weighted by Crippen LogP contribution is 2.30. The third-order valence-electron chi connectivity index (χ3n) is 2.34. The first-order valence-electron chi connectivity index (χ1n) is 4.50. The number of alkyl halides is 3. The van der Waals surface area contributed by atoms with Crippen molar-refractivity contribution in [1.29, 1.82) is 0 Å². The molecule has 0 saturated heterocycles. The van der Waals surface area contributed by atoms with Gasteiger partial charge in [-0.1, -0.05) is 12.1 Å². The molecule has 1 aromatic carbocycles. The highest BCUT2D eigenvalue weighted by molar-refractivity contribution is 5.30. The minimum Gasteiger partial charge on any atom is -0.382 e. The maximum absolute atomic E-state index is 13.1. The van der Waals surface area contributed by atoms with Gasteiger partial charge in [-0.2, -0.15) is 13.2 Å². The zero-order valence-electron chi connectivity index (χ0n) is 8.42. The molecule has 0 aromatic heterocycles. The molecule has 0 bridgehead atoms. The Kier molecular flexibility index (Phi) is 3.54. The third-order valence-corrected chi connectivity index (χ3v) is 2.34. The van der Waals surface area contributed by atoms with Gasteiger partial charge in [0.15, 0.2) is 6.10 Å². The molecule has 16 heavy (non-hydrogen) atoms. The second-order valence-corrected chi connectivity index (χ2v) is 3.47. The molecule has 2 nitrogen and oxygen atoms in total. The number of hydrogen-bond acceptors (Lipinski definition) is 2. The summed E-state index contributed by atoms with van der Waals surface area (Å²) >= 11 is 0. The van der Waals surface area contributed by atoms with E-state index in [-0.39, 0.29) is 11.1 Å². The molecule has 0 amide bonds. The molecule has 1 rings (SSSR count). The second-order valence-electron chi connectivity index (χ2n) is 3.47. The van der Waals surface area contributed by atoms with Crippen molar-refractivity contribution in [3.8, 4) is 0 Å². The van der Waals surface area contributed by atoms with E-state index in [4.69, 9.17) is 10.8 Å². The smallest absolute Gasteiger partial charge is 0.382 e. The average molecular weight is 237 g/mol. The average Bonchev–Trinajstić information content (AvgIpc) is 2.18. The van der Waals surface area contributed by atoms with E-state index in [1.807, 2.05) is 0 Å². The summed E-state index contributed by atoms with van der Waals surface area (Å²) in [7, 11) is 0. The fraction of sp³-hybridized carbons (Fsp3) is 0.400. The Bertz CT molecular complexity index is 378. The number of hydrogen-bond donors (Lipinski definition) is 2. The van der Waals surface area contributed by atoms with Crippen LogP contribution in [0.25, 0.3) is 0 Å². The van der Waals surface area contributed by atoms with E-state index < -0.39 is 24.1 Å². The van der Waals surface area contributed by atoms with E-state index in [0.29, 0.717) is 0 Å². The lowest BCUT2D eigenvalue weighted by Gasteiger charge is -2.23. The summed E-state index contributed by atoms with van der Waals surface area (Å²) in [5, 5.41) is 8.95. The van der Waals surface area contributed by atoms with Crippen molar-refractivity contribution in [2.24, 2.45) is 5.73 Å². The van der Waals surface area contributed by atoms with E-state index in [1.54, 1.807) is 0 Å². The van der Waals surface area contributed by atoms with Crippen LogP contribution >= 0.6 is 0 Å².